The van der Waals surface area contributed by atoms with Crippen molar-refractivity contribution in [3.8, 4) is 5.75 Å². The zero-order chi connectivity index (χ0) is 14.5. The summed E-state index contributed by atoms with van der Waals surface area (Å²) < 4.78 is 23.9. The first-order chi connectivity index (χ1) is 9.60. The summed E-state index contributed by atoms with van der Waals surface area (Å²) in [5.41, 5.74) is 0.702. The monoisotopic (exact) mass is 341 g/mol. The minimum atomic E-state index is -0.331. The molecule has 0 atom stereocenters. The maximum absolute atomic E-state index is 13.2. The first-order valence-corrected chi connectivity index (χ1v) is 6.75. The Hall–Kier alpha value is -1.82. The van der Waals surface area contributed by atoms with Gasteiger partial charge in [-0.2, -0.15) is 0 Å². The van der Waals surface area contributed by atoms with E-state index in [0.29, 0.717) is 28.9 Å². The van der Waals surface area contributed by atoms with E-state index >= 15 is 0 Å². The molecule has 1 heterocycles. The maximum atomic E-state index is 13.2. The number of carbonyl (C=O) groups excluding carboxylic acids is 1. The van der Waals surface area contributed by atoms with Crippen LogP contribution in [0.15, 0.2) is 39.4 Å². The molecule has 2 rings (SSSR count). The van der Waals surface area contributed by atoms with Crippen LogP contribution in [0.4, 0.5) is 4.39 Å². The van der Waals surface area contributed by atoms with Crippen molar-refractivity contribution in [3.05, 3.63) is 52.1 Å². The lowest BCUT2D eigenvalue weighted by Gasteiger charge is -2.09. The molecule has 0 spiro atoms. The Bertz CT molecular complexity index is 612. The van der Waals surface area contributed by atoms with Gasteiger partial charge in [0, 0.05) is 6.54 Å². The largest absolute Gasteiger partial charge is 0.496 e. The first-order valence-electron chi connectivity index (χ1n) is 5.96. The van der Waals surface area contributed by atoms with Gasteiger partial charge in [-0.05, 0) is 58.2 Å². The van der Waals surface area contributed by atoms with Gasteiger partial charge in [0.2, 0.25) is 0 Å². The molecule has 0 aliphatic heterocycles. The highest BCUT2D eigenvalue weighted by Crippen LogP contribution is 2.19. The van der Waals surface area contributed by atoms with E-state index in [9.17, 15) is 9.18 Å². The molecule has 4 nitrogen and oxygen atoms in total. The zero-order valence-corrected chi connectivity index (χ0v) is 12.4. The third-order valence-corrected chi connectivity index (χ3v) is 3.15. The summed E-state index contributed by atoms with van der Waals surface area (Å²) in [4.78, 5) is 11.7. The summed E-state index contributed by atoms with van der Waals surface area (Å²) in [6.07, 6.45) is 0.467. The molecule has 0 aliphatic carbocycles. The average molecular weight is 342 g/mol. The molecule has 0 aliphatic rings. The van der Waals surface area contributed by atoms with Crippen molar-refractivity contribution >= 4 is 21.8 Å². The number of hydrogen-bond acceptors (Lipinski definition) is 3. The molecular formula is C14H13BrFNO3. The molecule has 20 heavy (non-hydrogen) atoms. The number of hydrogen-bond donors (Lipinski definition) is 1. The molecule has 0 unspecified atom stereocenters. The Balaban J connectivity index is 1.93. The smallest absolute Gasteiger partial charge is 0.287 e. The van der Waals surface area contributed by atoms with Crippen molar-refractivity contribution < 1.29 is 18.3 Å². The van der Waals surface area contributed by atoms with Crippen molar-refractivity contribution in [2.45, 2.75) is 6.42 Å². The molecule has 6 heteroatoms. The fourth-order valence-corrected chi connectivity index (χ4v) is 2.08. The number of carbonyl (C=O) groups is 1. The molecule has 1 N–H and O–H groups in total. The minimum absolute atomic E-state index is 0.225. The van der Waals surface area contributed by atoms with Crippen molar-refractivity contribution in [2.75, 3.05) is 13.7 Å². The van der Waals surface area contributed by atoms with Crippen LogP contribution in [-0.2, 0) is 6.42 Å². The van der Waals surface area contributed by atoms with Gasteiger partial charge in [-0.1, -0.05) is 0 Å². The molecule has 1 amide bonds. The Morgan fingerprint density at radius 2 is 2.20 bits per heavy atom. The van der Waals surface area contributed by atoms with E-state index in [1.54, 1.807) is 18.2 Å². The number of amides is 1. The van der Waals surface area contributed by atoms with Crippen molar-refractivity contribution in [1.29, 1.82) is 0 Å². The summed E-state index contributed by atoms with van der Waals surface area (Å²) in [7, 11) is 1.52. The van der Waals surface area contributed by atoms with Crippen molar-refractivity contribution in [2.24, 2.45) is 0 Å². The van der Waals surface area contributed by atoms with Gasteiger partial charge in [-0.3, -0.25) is 4.79 Å². The van der Waals surface area contributed by atoms with Crippen molar-refractivity contribution in [1.82, 2.24) is 5.32 Å². The Kier molecular flexibility index (Phi) is 4.79. The van der Waals surface area contributed by atoms with E-state index < -0.39 is 0 Å². The van der Waals surface area contributed by atoms with Crippen LogP contribution in [0, 0.1) is 5.82 Å². The highest BCUT2D eigenvalue weighted by molar-refractivity contribution is 9.10. The van der Waals surface area contributed by atoms with Crippen molar-refractivity contribution in [3.63, 3.8) is 0 Å². The van der Waals surface area contributed by atoms with Crippen LogP contribution in [-0.4, -0.2) is 19.6 Å². The van der Waals surface area contributed by atoms with Gasteiger partial charge in [0.05, 0.1) is 7.11 Å². The predicted molar refractivity (Wildman–Crippen MR) is 75.4 cm³/mol. The second kappa shape index (κ2) is 6.56. The molecular weight excluding hydrogens is 329 g/mol. The fourth-order valence-electron chi connectivity index (χ4n) is 1.78. The van der Waals surface area contributed by atoms with E-state index in [2.05, 4.69) is 21.2 Å². The highest BCUT2D eigenvalue weighted by Gasteiger charge is 2.10. The molecule has 0 saturated heterocycles. The normalized spacial score (nSPS) is 10.3. The Morgan fingerprint density at radius 3 is 2.85 bits per heavy atom. The van der Waals surface area contributed by atoms with Gasteiger partial charge < -0.3 is 14.5 Å². The number of methoxy groups -OCH3 is 1. The van der Waals surface area contributed by atoms with Gasteiger partial charge >= 0.3 is 0 Å². The average Bonchev–Trinajstić information content (AvgIpc) is 2.86. The summed E-state index contributed by atoms with van der Waals surface area (Å²) in [6.45, 7) is 0.358. The van der Waals surface area contributed by atoms with Gasteiger partial charge in [-0.15, -0.1) is 0 Å². The summed E-state index contributed by atoms with van der Waals surface area (Å²) >= 11 is 3.13. The van der Waals surface area contributed by atoms with Gasteiger partial charge in [0.1, 0.15) is 11.6 Å². The summed E-state index contributed by atoms with van der Waals surface area (Å²) in [6, 6.07) is 7.51. The molecule has 1 aromatic carbocycles. The highest BCUT2D eigenvalue weighted by atomic mass is 79.9. The third-order valence-electron chi connectivity index (χ3n) is 2.72. The SMILES string of the molecule is COc1ccc(F)cc1CCNC(=O)c1ccc(Br)o1. The topological polar surface area (TPSA) is 51.5 Å². The molecule has 106 valence electrons. The van der Waals surface area contributed by atoms with Crippen LogP contribution < -0.4 is 10.1 Å². The number of benzene rings is 1. The second-order valence-corrected chi connectivity index (χ2v) is 4.85. The number of rotatable bonds is 5. The van der Waals surface area contributed by atoms with Crippen LogP contribution in [0.25, 0.3) is 0 Å². The number of halogens is 2. The maximum Gasteiger partial charge on any atom is 0.287 e. The molecule has 0 fully saturated rings. The molecule has 0 radical (unpaired) electrons. The molecule has 2 aromatic rings. The quantitative estimate of drug-likeness (QED) is 0.908. The van der Waals surface area contributed by atoms with Crippen LogP contribution in [0.3, 0.4) is 0 Å². The Labute approximate surface area is 124 Å². The van der Waals surface area contributed by atoms with Gasteiger partial charge in [0.15, 0.2) is 10.4 Å². The van der Waals surface area contributed by atoms with E-state index in [1.807, 2.05) is 0 Å². The zero-order valence-electron chi connectivity index (χ0n) is 10.8. The van der Waals surface area contributed by atoms with Gasteiger partial charge in [0.25, 0.3) is 5.91 Å². The van der Waals surface area contributed by atoms with Crippen LogP contribution in [0.1, 0.15) is 16.1 Å². The van der Waals surface area contributed by atoms with E-state index in [-0.39, 0.29) is 17.5 Å². The van der Waals surface area contributed by atoms with E-state index in [1.165, 1.54) is 19.2 Å². The lowest BCUT2D eigenvalue weighted by molar-refractivity contribution is 0.0925. The van der Waals surface area contributed by atoms with Crippen LogP contribution >= 0.6 is 15.9 Å². The van der Waals surface area contributed by atoms with Gasteiger partial charge in [-0.25, -0.2) is 4.39 Å². The lowest BCUT2D eigenvalue weighted by Crippen LogP contribution is -2.25. The van der Waals surface area contributed by atoms with Crippen LogP contribution in [0.5, 0.6) is 5.75 Å². The third kappa shape index (κ3) is 3.60. The number of nitrogens with one attached hydrogen (secondary N) is 1. The molecule has 1 aromatic heterocycles. The first kappa shape index (κ1) is 14.6. The summed E-state index contributed by atoms with van der Waals surface area (Å²) in [5, 5.41) is 2.70. The van der Waals surface area contributed by atoms with Crippen LogP contribution in [0.2, 0.25) is 0 Å². The molecule has 0 saturated carbocycles. The second-order valence-electron chi connectivity index (χ2n) is 4.07. The molecule has 0 bridgehead atoms. The lowest BCUT2D eigenvalue weighted by atomic mass is 10.1. The standard InChI is InChI=1S/C14H13BrFNO3/c1-19-11-3-2-10(16)8-9(11)6-7-17-14(18)12-4-5-13(15)20-12/h2-5,8H,6-7H2,1H3,(H,17,18). The minimum Gasteiger partial charge on any atom is -0.496 e. The summed E-state index contributed by atoms with van der Waals surface area (Å²) in [5.74, 6) is 0.178. The number of ether oxygens (including phenoxy) is 1. The van der Waals surface area contributed by atoms with E-state index in [4.69, 9.17) is 9.15 Å². The predicted octanol–water partition coefficient (Wildman–Crippen LogP) is 3.16. The van der Waals surface area contributed by atoms with E-state index in [0.717, 1.165) is 0 Å². The number of furan rings is 1. The fraction of sp³-hybridized carbons (Fsp3) is 0.214. The Morgan fingerprint density at radius 1 is 1.40 bits per heavy atom.